The van der Waals surface area contributed by atoms with E-state index < -0.39 is 5.41 Å². The van der Waals surface area contributed by atoms with Crippen molar-refractivity contribution in [1.82, 2.24) is 14.7 Å². The molecule has 2 aromatic rings. The minimum absolute atomic E-state index is 0.161. The van der Waals surface area contributed by atoms with Crippen molar-refractivity contribution >= 4 is 17.5 Å². The lowest BCUT2D eigenvalue weighted by atomic mass is 9.83. The molecule has 34 heavy (non-hydrogen) atoms. The Morgan fingerprint density at radius 2 is 1.38 bits per heavy atom. The van der Waals surface area contributed by atoms with Crippen molar-refractivity contribution in [2.75, 3.05) is 63.8 Å². The van der Waals surface area contributed by atoms with Gasteiger partial charge in [-0.1, -0.05) is 30.3 Å². The third kappa shape index (κ3) is 5.58. The molecule has 182 valence electrons. The van der Waals surface area contributed by atoms with Crippen molar-refractivity contribution in [1.29, 1.82) is 0 Å². The zero-order valence-corrected chi connectivity index (χ0v) is 20.3. The van der Waals surface area contributed by atoms with Gasteiger partial charge >= 0.3 is 0 Å². The molecule has 2 fully saturated rings. The Balaban J connectivity index is 1.19. The highest BCUT2D eigenvalue weighted by Gasteiger charge is 2.35. The van der Waals surface area contributed by atoms with E-state index in [1.54, 1.807) is 12.1 Å². The summed E-state index contributed by atoms with van der Waals surface area (Å²) in [6.45, 7) is 10.6. The van der Waals surface area contributed by atoms with Gasteiger partial charge in [0.2, 0.25) is 11.8 Å². The van der Waals surface area contributed by atoms with Gasteiger partial charge in [-0.25, -0.2) is 4.39 Å². The van der Waals surface area contributed by atoms with E-state index in [4.69, 9.17) is 0 Å². The van der Waals surface area contributed by atoms with E-state index in [-0.39, 0.29) is 17.6 Å². The Labute approximate surface area is 201 Å². The molecule has 6 nitrogen and oxygen atoms in total. The van der Waals surface area contributed by atoms with Crippen LogP contribution in [0, 0.1) is 5.82 Å². The first-order valence-electron chi connectivity index (χ1n) is 12.2. The molecule has 0 unspecified atom stereocenters. The Morgan fingerprint density at radius 1 is 0.794 bits per heavy atom. The fourth-order valence-corrected chi connectivity index (χ4v) is 4.83. The summed E-state index contributed by atoms with van der Waals surface area (Å²) in [4.78, 5) is 34.3. The van der Waals surface area contributed by atoms with Crippen molar-refractivity contribution in [2.45, 2.75) is 25.7 Å². The highest BCUT2D eigenvalue weighted by molar-refractivity contribution is 5.87. The Kier molecular flexibility index (Phi) is 7.51. The molecule has 2 aliphatic rings. The minimum Gasteiger partial charge on any atom is -0.368 e. The second-order valence-corrected chi connectivity index (χ2v) is 9.72. The zero-order valence-electron chi connectivity index (χ0n) is 20.3. The summed E-state index contributed by atoms with van der Waals surface area (Å²) in [6.07, 6.45) is 0.500. The molecule has 2 aromatic carbocycles. The molecule has 0 N–H and O–H groups in total. The van der Waals surface area contributed by atoms with Gasteiger partial charge in [-0.15, -0.1) is 0 Å². The lowest BCUT2D eigenvalue weighted by Gasteiger charge is -2.39. The highest BCUT2D eigenvalue weighted by Crippen LogP contribution is 2.26. The summed E-state index contributed by atoms with van der Waals surface area (Å²) in [5.41, 5.74) is 1.49. The number of nitrogens with zero attached hydrogens (tertiary/aromatic N) is 4. The van der Waals surface area contributed by atoms with E-state index in [0.29, 0.717) is 32.6 Å². The second-order valence-electron chi connectivity index (χ2n) is 9.72. The minimum atomic E-state index is -0.546. The zero-order chi connectivity index (χ0) is 24.1. The number of anilines is 1. The van der Waals surface area contributed by atoms with Crippen LogP contribution in [-0.2, 0) is 15.0 Å². The molecule has 0 radical (unpaired) electrons. The van der Waals surface area contributed by atoms with E-state index in [1.807, 2.05) is 54.0 Å². The Morgan fingerprint density at radius 3 is 2.00 bits per heavy atom. The van der Waals surface area contributed by atoms with Crippen molar-refractivity contribution in [3.63, 3.8) is 0 Å². The molecule has 0 atom stereocenters. The first-order valence-corrected chi connectivity index (χ1v) is 12.2. The molecule has 7 heteroatoms. The number of carbonyl (C=O) groups excluding carboxylic acids is 2. The number of hydrogen-bond acceptors (Lipinski definition) is 4. The van der Waals surface area contributed by atoms with Crippen molar-refractivity contribution in [3.8, 4) is 0 Å². The van der Waals surface area contributed by atoms with Crippen LogP contribution < -0.4 is 4.90 Å². The molecule has 2 heterocycles. The van der Waals surface area contributed by atoms with Gasteiger partial charge in [0.25, 0.3) is 0 Å². The lowest BCUT2D eigenvalue weighted by molar-refractivity contribution is -0.138. The van der Waals surface area contributed by atoms with Gasteiger partial charge in [0.05, 0.1) is 5.41 Å². The van der Waals surface area contributed by atoms with Gasteiger partial charge in [0.1, 0.15) is 5.82 Å². The maximum absolute atomic E-state index is 13.2. The van der Waals surface area contributed by atoms with Gasteiger partial charge in [-0.3, -0.25) is 14.5 Å². The van der Waals surface area contributed by atoms with Crippen LogP contribution in [0.25, 0.3) is 0 Å². The average molecular weight is 467 g/mol. The SMILES string of the molecule is CC(C)(C(=O)N1CCN(CCC(=O)N2CCN(c3ccc(F)cc3)CC2)CC1)c1ccccc1. The van der Waals surface area contributed by atoms with Crippen LogP contribution >= 0.6 is 0 Å². The molecule has 0 aliphatic carbocycles. The Bertz CT molecular complexity index is 964. The van der Waals surface area contributed by atoms with Crippen LogP contribution in [0.2, 0.25) is 0 Å². The Hall–Kier alpha value is -2.93. The quantitative estimate of drug-likeness (QED) is 0.657. The number of amides is 2. The predicted octanol–water partition coefficient (Wildman–Crippen LogP) is 2.99. The van der Waals surface area contributed by atoms with E-state index in [9.17, 15) is 14.0 Å². The summed E-state index contributed by atoms with van der Waals surface area (Å²) >= 11 is 0. The fraction of sp³-hybridized carbons (Fsp3) is 0.481. The number of carbonyl (C=O) groups is 2. The predicted molar refractivity (Wildman–Crippen MR) is 132 cm³/mol. The van der Waals surface area contributed by atoms with E-state index in [2.05, 4.69) is 9.80 Å². The van der Waals surface area contributed by atoms with Crippen molar-refractivity contribution in [2.24, 2.45) is 0 Å². The maximum atomic E-state index is 13.2. The first kappa shape index (κ1) is 24.2. The van der Waals surface area contributed by atoms with E-state index >= 15 is 0 Å². The molecule has 2 aliphatic heterocycles. The number of piperazine rings is 2. The van der Waals surface area contributed by atoms with Crippen LogP contribution in [0.5, 0.6) is 0 Å². The number of halogens is 1. The lowest BCUT2D eigenvalue weighted by Crippen LogP contribution is -2.54. The molecule has 0 saturated carbocycles. The summed E-state index contributed by atoms with van der Waals surface area (Å²) in [5.74, 6) is 0.110. The third-order valence-electron chi connectivity index (χ3n) is 7.16. The molecule has 2 saturated heterocycles. The van der Waals surface area contributed by atoms with Crippen molar-refractivity contribution in [3.05, 3.63) is 66.0 Å². The van der Waals surface area contributed by atoms with Crippen LogP contribution in [0.4, 0.5) is 10.1 Å². The molecule has 0 bridgehead atoms. The van der Waals surface area contributed by atoms with Gasteiger partial charge in [-0.2, -0.15) is 0 Å². The molecule has 0 spiro atoms. The van der Waals surface area contributed by atoms with Crippen LogP contribution in [0.1, 0.15) is 25.8 Å². The smallest absolute Gasteiger partial charge is 0.232 e. The number of hydrogen-bond donors (Lipinski definition) is 0. The highest BCUT2D eigenvalue weighted by atomic mass is 19.1. The van der Waals surface area contributed by atoms with Crippen LogP contribution in [0.3, 0.4) is 0 Å². The summed E-state index contributed by atoms with van der Waals surface area (Å²) in [6, 6.07) is 16.5. The molecular formula is C27H35FN4O2. The largest absolute Gasteiger partial charge is 0.368 e. The summed E-state index contributed by atoms with van der Waals surface area (Å²) < 4.78 is 13.1. The van der Waals surface area contributed by atoms with Crippen LogP contribution in [-0.4, -0.2) is 85.4 Å². The third-order valence-corrected chi connectivity index (χ3v) is 7.16. The van der Waals surface area contributed by atoms with Gasteiger partial charge in [0.15, 0.2) is 0 Å². The van der Waals surface area contributed by atoms with Gasteiger partial charge < -0.3 is 14.7 Å². The van der Waals surface area contributed by atoms with E-state index in [0.717, 1.165) is 44.0 Å². The topological polar surface area (TPSA) is 47.1 Å². The molecule has 4 rings (SSSR count). The van der Waals surface area contributed by atoms with Crippen LogP contribution in [0.15, 0.2) is 54.6 Å². The fourth-order valence-electron chi connectivity index (χ4n) is 4.83. The number of benzene rings is 2. The number of rotatable bonds is 6. The molecule has 0 aromatic heterocycles. The van der Waals surface area contributed by atoms with E-state index in [1.165, 1.54) is 12.1 Å². The van der Waals surface area contributed by atoms with Gasteiger partial charge in [0, 0.05) is 71.0 Å². The first-order chi connectivity index (χ1) is 16.3. The standard InChI is InChI=1S/C27H35FN4O2/c1-27(2,22-6-4-3-5-7-22)26(34)32-16-14-29(15-17-32)13-12-25(33)31-20-18-30(19-21-31)24-10-8-23(28)9-11-24/h3-11H,12-21H2,1-2H3. The summed E-state index contributed by atoms with van der Waals surface area (Å²) in [5, 5.41) is 0. The normalized spacial score (nSPS) is 17.7. The average Bonchev–Trinajstić information content (AvgIpc) is 2.88. The summed E-state index contributed by atoms with van der Waals surface area (Å²) in [7, 11) is 0. The maximum Gasteiger partial charge on any atom is 0.232 e. The second kappa shape index (κ2) is 10.6. The van der Waals surface area contributed by atoms with Gasteiger partial charge in [-0.05, 0) is 43.7 Å². The van der Waals surface area contributed by atoms with Crippen molar-refractivity contribution < 1.29 is 14.0 Å². The molecule has 2 amide bonds. The monoisotopic (exact) mass is 466 g/mol. The molecular weight excluding hydrogens is 431 g/mol.